The Labute approximate surface area is 222 Å². The van der Waals surface area contributed by atoms with E-state index in [2.05, 4.69) is 48.6 Å². The molecule has 37 heavy (non-hydrogen) atoms. The van der Waals surface area contributed by atoms with E-state index in [-0.39, 0.29) is 23.8 Å². The number of nitrogens with zero attached hydrogens (tertiary/aromatic N) is 1. The van der Waals surface area contributed by atoms with E-state index >= 15 is 0 Å². The van der Waals surface area contributed by atoms with Crippen molar-refractivity contribution in [3.8, 4) is 0 Å². The van der Waals surface area contributed by atoms with Crippen molar-refractivity contribution in [3.63, 3.8) is 0 Å². The summed E-state index contributed by atoms with van der Waals surface area (Å²) < 4.78 is 0. The molecule has 1 aliphatic rings. The molecule has 0 aliphatic heterocycles. The number of hydrogen-bond donors (Lipinski definition) is 1. The van der Waals surface area contributed by atoms with Gasteiger partial charge in [-0.1, -0.05) is 111 Å². The van der Waals surface area contributed by atoms with E-state index in [4.69, 9.17) is 0 Å². The lowest BCUT2D eigenvalue weighted by molar-refractivity contribution is -0.142. The van der Waals surface area contributed by atoms with Gasteiger partial charge < -0.3 is 10.2 Å². The molecule has 4 nitrogen and oxygen atoms in total. The molecular weight excluding hydrogens is 456 g/mol. The quantitative estimate of drug-likeness (QED) is 0.337. The largest absolute Gasteiger partial charge is 0.352 e. The van der Waals surface area contributed by atoms with Gasteiger partial charge in [0.1, 0.15) is 6.04 Å². The lowest BCUT2D eigenvalue weighted by atomic mass is 9.87. The normalized spacial score (nSPS) is 14.8. The summed E-state index contributed by atoms with van der Waals surface area (Å²) in [7, 11) is 0. The summed E-state index contributed by atoms with van der Waals surface area (Å²) in [4.78, 5) is 29.6. The predicted octanol–water partition coefficient (Wildman–Crippen LogP) is 6.77. The van der Waals surface area contributed by atoms with E-state index in [1.807, 2.05) is 60.4 Å². The van der Waals surface area contributed by atoms with Gasteiger partial charge in [-0.2, -0.15) is 0 Å². The molecule has 1 saturated carbocycles. The number of hydrogen-bond acceptors (Lipinski definition) is 2. The van der Waals surface area contributed by atoms with E-state index in [1.54, 1.807) is 0 Å². The molecule has 194 valence electrons. The zero-order valence-corrected chi connectivity index (χ0v) is 22.2. The third-order valence-corrected chi connectivity index (χ3v) is 7.72. The predicted molar refractivity (Wildman–Crippen MR) is 150 cm³/mol. The van der Waals surface area contributed by atoms with Crippen LogP contribution in [0.5, 0.6) is 0 Å². The molecule has 1 N–H and O–H groups in total. The molecule has 1 fully saturated rings. The minimum absolute atomic E-state index is 0.00611. The standard InChI is InChI=1S/C33H40N2O2/c1-3-31(33(37)34-29-21-11-6-12-22-29)35(24-28-20-14-13-15-25(28)2)32(36)23-30(26-16-7-4-8-17-26)27-18-9-5-10-19-27/h4-5,7-10,13-20,29-31H,3,6,11-12,21-24H2,1-2H3,(H,34,37). The number of aryl methyl sites for hydroxylation is 1. The topological polar surface area (TPSA) is 49.4 Å². The first-order chi connectivity index (χ1) is 18.1. The van der Waals surface area contributed by atoms with E-state index in [9.17, 15) is 9.59 Å². The Bertz CT molecular complexity index is 1100. The van der Waals surface area contributed by atoms with Crippen LogP contribution in [0.2, 0.25) is 0 Å². The van der Waals surface area contributed by atoms with Crippen LogP contribution in [-0.2, 0) is 16.1 Å². The van der Waals surface area contributed by atoms with Crippen LogP contribution < -0.4 is 5.32 Å². The summed E-state index contributed by atoms with van der Waals surface area (Å²) in [5.74, 6) is -0.0907. The molecular formula is C33H40N2O2. The number of carbonyl (C=O) groups excluding carboxylic acids is 2. The van der Waals surface area contributed by atoms with Crippen molar-refractivity contribution in [1.29, 1.82) is 0 Å². The lowest BCUT2D eigenvalue weighted by Gasteiger charge is -2.34. The maximum atomic E-state index is 14.2. The van der Waals surface area contributed by atoms with Crippen molar-refractivity contribution in [1.82, 2.24) is 10.2 Å². The highest BCUT2D eigenvalue weighted by Crippen LogP contribution is 2.30. The summed E-state index contributed by atoms with van der Waals surface area (Å²) in [5.41, 5.74) is 4.43. The maximum Gasteiger partial charge on any atom is 0.243 e. The molecule has 0 saturated heterocycles. The SMILES string of the molecule is CCC(C(=O)NC1CCCCC1)N(Cc1ccccc1C)C(=O)CC(c1ccccc1)c1ccccc1. The van der Waals surface area contributed by atoms with Crippen LogP contribution >= 0.6 is 0 Å². The lowest BCUT2D eigenvalue weighted by Crippen LogP contribution is -2.51. The van der Waals surface area contributed by atoms with Crippen molar-refractivity contribution >= 4 is 11.8 Å². The smallest absolute Gasteiger partial charge is 0.243 e. The molecule has 3 aromatic rings. The Morgan fingerprint density at radius 2 is 1.41 bits per heavy atom. The summed E-state index contributed by atoms with van der Waals surface area (Å²) in [5, 5.41) is 3.29. The molecule has 4 rings (SSSR count). The first-order valence-electron chi connectivity index (χ1n) is 13.8. The third-order valence-electron chi connectivity index (χ3n) is 7.72. The number of carbonyl (C=O) groups is 2. The van der Waals surface area contributed by atoms with Gasteiger partial charge in [-0.15, -0.1) is 0 Å². The van der Waals surface area contributed by atoms with Gasteiger partial charge >= 0.3 is 0 Å². The summed E-state index contributed by atoms with van der Waals surface area (Å²) in [6.07, 6.45) is 6.50. The van der Waals surface area contributed by atoms with Crippen molar-refractivity contribution < 1.29 is 9.59 Å². The number of benzene rings is 3. The van der Waals surface area contributed by atoms with Crippen LogP contribution in [0.1, 0.15) is 80.0 Å². The zero-order valence-electron chi connectivity index (χ0n) is 22.2. The molecule has 3 aromatic carbocycles. The molecule has 0 heterocycles. The van der Waals surface area contributed by atoms with Crippen molar-refractivity contribution in [3.05, 3.63) is 107 Å². The Kier molecular flexibility index (Phi) is 9.53. The zero-order chi connectivity index (χ0) is 26.0. The average molecular weight is 497 g/mol. The Hall–Kier alpha value is -3.40. The highest BCUT2D eigenvalue weighted by Gasteiger charge is 2.32. The van der Waals surface area contributed by atoms with E-state index in [0.29, 0.717) is 19.4 Å². The van der Waals surface area contributed by atoms with Gasteiger partial charge in [0, 0.05) is 24.9 Å². The first-order valence-corrected chi connectivity index (χ1v) is 13.8. The average Bonchev–Trinajstić information content (AvgIpc) is 2.94. The van der Waals surface area contributed by atoms with E-state index in [0.717, 1.165) is 47.9 Å². The van der Waals surface area contributed by atoms with Crippen molar-refractivity contribution in [2.24, 2.45) is 0 Å². The van der Waals surface area contributed by atoms with Gasteiger partial charge in [-0.05, 0) is 48.4 Å². The maximum absolute atomic E-state index is 14.2. The third kappa shape index (κ3) is 7.09. The molecule has 1 atom stereocenters. The molecule has 1 unspecified atom stereocenters. The van der Waals surface area contributed by atoms with Gasteiger partial charge in [0.2, 0.25) is 11.8 Å². The monoisotopic (exact) mass is 496 g/mol. The van der Waals surface area contributed by atoms with Crippen molar-refractivity contribution in [2.75, 3.05) is 0 Å². The van der Waals surface area contributed by atoms with Crippen LogP contribution in [0.4, 0.5) is 0 Å². The number of nitrogens with one attached hydrogen (secondary N) is 1. The van der Waals surface area contributed by atoms with Crippen molar-refractivity contribution in [2.45, 2.75) is 83.3 Å². The molecule has 0 spiro atoms. The molecule has 0 aromatic heterocycles. The molecule has 0 bridgehead atoms. The Balaban J connectivity index is 1.63. The Morgan fingerprint density at radius 3 is 1.97 bits per heavy atom. The molecule has 0 radical (unpaired) electrons. The van der Waals surface area contributed by atoms with E-state index < -0.39 is 6.04 Å². The highest BCUT2D eigenvalue weighted by molar-refractivity contribution is 5.88. The van der Waals surface area contributed by atoms with Crippen LogP contribution in [0, 0.1) is 6.92 Å². The second kappa shape index (κ2) is 13.2. The van der Waals surface area contributed by atoms with Gasteiger partial charge in [0.25, 0.3) is 0 Å². The molecule has 1 aliphatic carbocycles. The minimum Gasteiger partial charge on any atom is -0.352 e. The van der Waals surface area contributed by atoms with Gasteiger partial charge in [-0.3, -0.25) is 9.59 Å². The fourth-order valence-electron chi connectivity index (χ4n) is 5.53. The second-order valence-electron chi connectivity index (χ2n) is 10.3. The second-order valence-corrected chi connectivity index (χ2v) is 10.3. The van der Waals surface area contributed by atoms with Gasteiger partial charge in [0.05, 0.1) is 0 Å². The van der Waals surface area contributed by atoms with Crippen LogP contribution in [0.3, 0.4) is 0 Å². The summed E-state index contributed by atoms with van der Waals surface area (Å²) >= 11 is 0. The van der Waals surface area contributed by atoms with Crippen LogP contribution in [-0.4, -0.2) is 28.8 Å². The van der Waals surface area contributed by atoms with Gasteiger partial charge in [-0.25, -0.2) is 0 Å². The molecule has 4 heteroatoms. The Morgan fingerprint density at radius 1 is 0.838 bits per heavy atom. The first kappa shape index (κ1) is 26.7. The fourth-order valence-corrected chi connectivity index (χ4v) is 5.53. The van der Waals surface area contributed by atoms with E-state index in [1.165, 1.54) is 6.42 Å². The summed E-state index contributed by atoms with van der Waals surface area (Å²) in [6.45, 7) is 4.51. The van der Waals surface area contributed by atoms with Crippen LogP contribution in [0.25, 0.3) is 0 Å². The van der Waals surface area contributed by atoms with Crippen LogP contribution in [0.15, 0.2) is 84.9 Å². The van der Waals surface area contributed by atoms with Gasteiger partial charge in [0.15, 0.2) is 0 Å². The fraction of sp³-hybridized carbons (Fsp3) is 0.394. The number of rotatable bonds is 10. The number of amides is 2. The molecule has 2 amide bonds. The minimum atomic E-state index is -0.499. The highest BCUT2D eigenvalue weighted by atomic mass is 16.2. The summed E-state index contributed by atoms with van der Waals surface area (Å²) in [6, 6.07) is 28.3.